The summed E-state index contributed by atoms with van der Waals surface area (Å²) in [4.78, 5) is 17.0. The van der Waals surface area contributed by atoms with Crippen LogP contribution in [0.15, 0.2) is 36.4 Å². The van der Waals surface area contributed by atoms with Gasteiger partial charge < -0.3 is 9.47 Å². The van der Waals surface area contributed by atoms with E-state index in [4.69, 9.17) is 9.47 Å². The molecule has 1 amide bonds. The number of nitrogens with one attached hydrogen (secondary N) is 2. The predicted octanol–water partition coefficient (Wildman–Crippen LogP) is 2.62. The largest absolute Gasteiger partial charge is 0.441 e. The fourth-order valence-electron chi connectivity index (χ4n) is 3.53. The normalized spacial score (nSPS) is 15.2. The zero-order valence-electron chi connectivity index (χ0n) is 20.1. The number of carbonyl (C=O) groups is 1. The van der Waals surface area contributed by atoms with E-state index in [2.05, 4.69) is 25.3 Å². The van der Waals surface area contributed by atoms with Crippen LogP contribution in [0.1, 0.15) is 24.3 Å². The van der Waals surface area contributed by atoms with Crippen molar-refractivity contribution in [3.63, 3.8) is 0 Å². The van der Waals surface area contributed by atoms with Crippen molar-refractivity contribution in [2.45, 2.75) is 26.1 Å². The molecule has 3 heterocycles. The first kappa shape index (κ1) is 25.5. The van der Waals surface area contributed by atoms with Crippen LogP contribution in [0.25, 0.3) is 11.4 Å². The van der Waals surface area contributed by atoms with Crippen molar-refractivity contribution in [2.75, 3.05) is 30.2 Å². The molecule has 0 spiro atoms. The Balaban J connectivity index is 1.47. The molecule has 1 aromatic carbocycles. The fraction of sp³-hybridized carbons (Fsp3) is 0.364. The quantitative estimate of drug-likeness (QED) is 0.463. The summed E-state index contributed by atoms with van der Waals surface area (Å²) < 4.78 is 54.2. The Morgan fingerprint density at radius 3 is 2.67 bits per heavy atom. The van der Waals surface area contributed by atoms with Crippen LogP contribution in [0, 0.1) is 12.7 Å². The SMILES string of the molecule is COC1CN(S(=O)(=O)Nc2ccc(-c3nnn(C)c3NC(=O)O[C@H](C)c3cccc(F)c3)nc2C)C1. The number of ether oxygens (including phenoxy) is 2. The van der Waals surface area contributed by atoms with E-state index >= 15 is 0 Å². The van der Waals surface area contributed by atoms with Crippen LogP contribution in [0.3, 0.4) is 0 Å². The zero-order chi connectivity index (χ0) is 26.0. The van der Waals surface area contributed by atoms with Gasteiger partial charge in [-0.25, -0.2) is 18.9 Å². The highest BCUT2D eigenvalue weighted by Crippen LogP contribution is 2.28. The van der Waals surface area contributed by atoms with Gasteiger partial charge >= 0.3 is 16.3 Å². The second-order valence-electron chi connectivity index (χ2n) is 8.25. The monoisotopic (exact) mass is 519 g/mol. The average molecular weight is 520 g/mol. The number of pyridine rings is 1. The first-order valence-electron chi connectivity index (χ1n) is 11.0. The summed E-state index contributed by atoms with van der Waals surface area (Å²) in [7, 11) is -0.625. The fourth-order valence-corrected chi connectivity index (χ4v) is 4.88. The third-order valence-electron chi connectivity index (χ3n) is 5.70. The number of amides is 1. The van der Waals surface area contributed by atoms with Crippen molar-refractivity contribution in [1.82, 2.24) is 24.3 Å². The van der Waals surface area contributed by atoms with Crippen molar-refractivity contribution >= 4 is 27.8 Å². The molecule has 14 heteroatoms. The number of aromatic nitrogens is 4. The van der Waals surface area contributed by atoms with Gasteiger partial charge in [-0.2, -0.15) is 12.7 Å². The predicted molar refractivity (Wildman–Crippen MR) is 129 cm³/mol. The molecule has 192 valence electrons. The number of aryl methyl sites for hydroxylation is 2. The van der Waals surface area contributed by atoms with Crippen LogP contribution in [-0.2, 0) is 26.7 Å². The number of hydrogen-bond donors (Lipinski definition) is 2. The Morgan fingerprint density at radius 1 is 1.25 bits per heavy atom. The molecule has 36 heavy (non-hydrogen) atoms. The molecule has 1 fully saturated rings. The summed E-state index contributed by atoms with van der Waals surface area (Å²) in [5.74, 6) is -0.212. The Bertz CT molecular complexity index is 1370. The van der Waals surface area contributed by atoms with Crippen LogP contribution in [0.2, 0.25) is 0 Å². The molecular weight excluding hydrogens is 493 g/mol. The first-order valence-corrected chi connectivity index (χ1v) is 12.4. The highest BCUT2D eigenvalue weighted by molar-refractivity contribution is 7.90. The molecule has 0 unspecified atom stereocenters. The van der Waals surface area contributed by atoms with Gasteiger partial charge in [-0.1, -0.05) is 17.3 Å². The van der Waals surface area contributed by atoms with E-state index in [-0.39, 0.29) is 30.7 Å². The number of rotatable bonds is 8. The molecule has 0 bridgehead atoms. The number of hydrogen-bond acceptors (Lipinski definition) is 8. The summed E-state index contributed by atoms with van der Waals surface area (Å²) in [5, 5.41) is 10.6. The van der Waals surface area contributed by atoms with Crippen LogP contribution in [-0.4, -0.2) is 65.1 Å². The first-order chi connectivity index (χ1) is 17.1. The summed E-state index contributed by atoms with van der Waals surface area (Å²) in [6.07, 6.45) is -1.61. The van der Waals surface area contributed by atoms with E-state index in [1.807, 2.05) is 0 Å². The number of nitrogens with zero attached hydrogens (tertiary/aromatic N) is 5. The van der Waals surface area contributed by atoms with Crippen LogP contribution in [0.4, 0.5) is 20.7 Å². The lowest BCUT2D eigenvalue weighted by molar-refractivity contribution is 0.0128. The van der Waals surface area contributed by atoms with Crippen LogP contribution < -0.4 is 10.0 Å². The highest BCUT2D eigenvalue weighted by atomic mass is 32.2. The molecule has 2 N–H and O–H groups in total. The van der Waals surface area contributed by atoms with Gasteiger partial charge in [0.25, 0.3) is 0 Å². The Kier molecular flexibility index (Phi) is 7.19. The molecule has 1 atom stereocenters. The number of carbonyl (C=O) groups excluding carboxylic acids is 1. The minimum Gasteiger partial charge on any atom is -0.441 e. The molecule has 2 aromatic heterocycles. The number of anilines is 2. The molecule has 1 saturated heterocycles. The Morgan fingerprint density at radius 2 is 2.00 bits per heavy atom. The van der Waals surface area contributed by atoms with E-state index in [1.165, 1.54) is 34.3 Å². The summed E-state index contributed by atoms with van der Waals surface area (Å²) in [6.45, 7) is 3.82. The van der Waals surface area contributed by atoms with Crippen molar-refractivity contribution in [2.24, 2.45) is 7.05 Å². The van der Waals surface area contributed by atoms with Gasteiger partial charge in [0.15, 0.2) is 11.5 Å². The van der Waals surface area contributed by atoms with E-state index < -0.39 is 28.2 Å². The van der Waals surface area contributed by atoms with Gasteiger partial charge in [0, 0.05) is 27.2 Å². The van der Waals surface area contributed by atoms with Gasteiger partial charge in [-0.3, -0.25) is 10.0 Å². The van der Waals surface area contributed by atoms with Crippen molar-refractivity contribution in [1.29, 1.82) is 0 Å². The van der Waals surface area contributed by atoms with Crippen molar-refractivity contribution in [3.05, 3.63) is 53.5 Å². The number of methoxy groups -OCH3 is 1. The molecular formula is C22H26FN7O5S. The maximum atomic E-state index is 13.5. The third-order valence-corrected chi connectivity index (χ3v) is 7.16. The van der Waals surface area contributed by atoms with Gasteiger partial charge in [-0.15, -0.1) is 5.10 Å². The summed E-state index contributed by atoms with van der Waals surface area (Å²) >= 11 is 0. The van der Waals surface area contributed by atoms with Crippen molar-refractivity contribution < 1.29 is 27.1 Å². The van der Waals surface area contributed by atoms with Crippen LogP contribution in [0.5, 0.6) is 0 Å². The van der Waals surface area contributed by atoms with Gasteiger partial charge in [-0.05, 0) is 43.7 Å². The smallest absolute Gasteiger partial charge is 0.413 e. The van der Waals surface area contributed by atoms with Gasteiger partial charge in [0.1, 0.15) is 11.9 Å². The van der Waals surface area contributed by atoms with Crippen LogP contribution >= 0.6 is 0 Å². The molecule has 0 saturated carbocycles. The van der Waals surface area contributed by atoms with E-state index in [0.717, 1.165) is 0 Å². The minimum absolute atomic E-state index is 0.116. The van der Waals surface area contributed by atoms with E-state index in [9.17, 15) is 17.6 Å². The molecule has 12 nitrogen and oxygen atoms in total. The topological polar surface area (TPSA) is 141 Å². The lowest BCUT2D eigenvalue weighted by Crippen LogP contribution is -2.55. The molecule has 3 aromatic rings. The van der Waals surface area contributed by atoms with Gasteiger partial charge in [0.05, 0.1) is 23.2 Å². The maximum absolute atomic E-state index is 13.5. The molecule has 0 radical (unpaired) electrons. The zero-order valence-corrected chi connectivity index (χ0v) is 20.9. The summed E-state index contributed by atoms with van der Waals surface area (Å²) in [5.41, 5.74) is 1.83. The maximum Gasteiger partial charge on any atom is 0.413 e. The Labute approximate surface area is 207 Å². The minimum atomic E-state index is -3.74. The molecule has 4 rings (SSSR count). The van der Waals surface area contributed by atoms with Gasteiger partial charge in [0.2, 0.25) is 0 Å². The van der Waals surface area contributed by atoms with E-state index in [1.54, 1.807) is 39.1 Å². The number of halogens is 1. The van der Waals surface area contributed by atoms with E-state index in [0.29, 0.717) is 22.6 Å². The highest BCUT2D eigenvalue weighted by Gasteiger charge is 2.36. The molecule has 1 aliphatic heterocycles. The lowest BCUT2D eigenvalue weighted by Gasteiger charge is -2.36. The average Bonchev–Trinajstić information content (AvgIpc) is 3.14. The number of benzene rings is 1. The van der Waals surface area contributed by atoms with Crippen molar-refractivity contribution in [3.8, 4) is 11.4 Å². The second kappa shape index (κ2) is 10.2. The third kappa shape index (κ3) is 5.45. The Hall–Kier alpha value is -3.62. The standard InChI is InChI=1S/C22H26FN7O5S/c1-13-18(27-36(32,33)30-11-17(12-30)34-4)8-9-19(24-13)20-21(29(3)28-26-20)25-22(31)35-14(2)15-6-5-7-16(23)10-15/h5-10,14,17,27H,11-12H2,1-4H3,(H,25,31)/t14-/m1/s1. The summed E-state index contributed by atoms with van der Waals surface area (Å²) in [6, 6.07) is 8.90. The molecule has 0 aliphatic carbocycles. The lowest BCUT2D eigenvalue weighted by atomic mass is 10.1. The second-order valence-corrected chi connectivity index (χ2v) is 9.92. The molecule has 1 aliphatic rings.